The summed E-state index contributed by atoms with van der Waals surface area (Å²) < 4.78 is 43.6. The zero-order valence-electron chi connectivity index (χ0n) is 33.6. The fourth-order valence-corrected chi connectivity index (χ4v) is 7.35. The zero-order valence-corrected chi connectivity index (χ0v) is 34.4. The normalized spacial score (nSPS) is 17.9. The van der Waals surface area contributed by atoms with Crippen molar-refractivity contribution in [3.63, 3.8) is 0 Å². The van der Waals surface area contributed by atoms with Crippen LogP contribution < -0.4 is 15.4 Å². The third kappa shape index (κ3) is 11.4. The van der Waals surface area contributed by atoms with Crippen LogP contribution >= 0.6 is 0 Å². The molecule has 63 heavy (non-hydrogen) atoms. The van der Waals surface area contributed by atoms with Gasteiger partial charge >= 0.3 is 0 Å². The number of phenols is 1. The number of nitrogens with zero attached hydrogens (tertiary/aromatic N) is 2. The molecule has 0 radical (unpaired) electrons. The average molecular weight is 885 g/mol. The summed E-state index contributed by atoms with van der Waals surface area (Å²) in [4.78, 5) is 97.6. The van der Waals surface area contributed by atoms with Gasteiger partial charge in [-0.15, -0.1) is 12.8 Å². The third-order valence-electron chi connectivity index (χ3n) is 9.48. The maximum Gasteiger partial charge on any atom is 0.297 e. The number of aromatic hydroxyl groups is 1. The second-order valence-corrected chi connectivity index (χ2v) is 15.4. The van der Waals surface area contributed by atoms with Crippen molar-refractivity contribution < 1.29 is 70.3 Å². The first-order valence-corrected chi connectivity index (χ1v) is 20.5. The van der Waals surface area contributed by atoms with Crippen molar-refractivity contribution in [3.05, 3.63) is 88.5 Å². The summed E-state index contributed by atoms with van der Waals surface area (Å²) in [5.41, 5.74) is 1.58. The highest BCUT2D eigenvalue weighted by Crippen LogP contribution is 2.31. The number of carbonyl (C=O) groups excluding carboxylic acids is 8. The number of fused-ring (bicyclic) bond motifs is 2. The van der Waals surface area contributed by atoms with E-state index in [9.17, 15) is 51.9 Å². The van der Waals surface area contributed by atoms with Crippen molar-refractivity contribution >= 4 is 57.4 Å². The second kappa shape index (κ2) is 21.0. The van der Waals surface area contributed by atoms with Crippen LogP contribution in [0.25, 0.3) is 0 Å². The Morgan fingerprint density at radius 1 is 0.651 bits per heavy atom. The minimum absolute atomic E-state index is 0.0438. The predicted octanol–water partition coefficient (Wildman–Crippen LogP) is 1.26. The molecule has 2 fully saturated rings. The third-order valence-corrected chi connectivity index (χ3v) is 10.8. The Kier molecular flexibility index (Phi) is 15.6. The van der Waals surface area contributed by atoms with Crippen LogP contribution in [0.5, 0.6) is 11.5 Å². The summed E-state index contributed by atoms with van der Waals surface area (Å²) in [5, 5.41) is 13.6. The topological polar surface area (TPSA) is 258 Å². The lowest BCUT2D eigenvalue weighted by atomic mass is 10.0. The number of imide groups is 4. The van der Waals surface area contributed by atoms with Crippen molar-refractivity contribution in [2.75, 3.05) is 39.6 Å². The van der Waals surface area contributed by atoms with E-state index in [2.05, 4.69) is 22.5 Å². The van der Waals surface area contributed by atoms with Gasteiger partial charge in [-0.1, -0.05) is 29.5 Å². The Morgan fingerprint density at radius 3 is 1.63 bits per heavy atom. The average Bonchev–Trinajstić information content (AvgIpc) is 3.64. The molecule has 3 aromatic carbocycles. The zero-order chi connectivity index (χ0) is 45.8. The van der Waals surface area contributed by atoms with E-state index in [0.29, 0.717) is 5.75 Å². The van der Waals surface area contributed by atoms with E-state index in [4.69, 9.17) is 31.2 Å². The van der Waals surface area contributed by atoms with E-state index >= 15 is 0 Å². The molecule has 0 bridgehead atoms. The minimum Gasteiger partial charge on any atom is -0.508 e. The lowest BCUT2D eigenvalue weighted by Gasteiger charge is -2.27. The van der Waals surface area contributed by atoms with Gasteiger partial charge in [-0.2, -0.15) is 8.42 Å². The standard InChI is InChI=1S/C18H16N2O6.C13H10N2O5.C12H14O4S/c1-2-7-25-8-9-26-11-3-4-12-13(10-11)18(24)20(17(12)23)14-5-6-15(21)19-16(14)22;16-6-1-2-7-8(5-6)13(20)15(12(7)19)9-3-4-10(17)14-11(9)18;1-3-8-15-9-10-16-17(13,14)12-6-4-11(2)5-7-12/h1,3-4,10,14H,5-9H2,(H,19,21,22);1-2,5,9,16H,3-4H2,(H,14,17,18);1,4-7H,8-10H2,2H3. The summed E-state index contributed by atoms with van der Waals surface area (Å²) in [7, 11) is -3.70. The van der Waals surface area contributed by atoms with Gasteiger partial charge in [0.1, 0.15) is 43.4 Å². The summed E-state index contributed by atoms with van der Waals surface area (Å²) in [6.45, 7) is 2.84. The highest BCUT2D eigenvalue weighted by Gasteiger charge is 2.46. The van der Waals surface area contributed by atoms with E-state index < -0.39 is 69.5 Å². The molecule has 0 spiro atoms. The molecule has 4 heterocycles. The number of terminal acetylenes is 2. The Balaban J connectivity index is 0.000000183. The number of nitrogens with one attached hydrogen (secondary N) is 2. The molecule has 3 aromatic rings. The van der Waals surface area contributed by atoms with Crippen LogP contribution in [0.4, 0.5) is 0 Å². The van der Waals surface area contributed by atoms with Crippen LogP contribution in [0.3, 0.4) is 0 Å². The van der Waals surface area contributed by atoms with E-state index in [1.54, 1.807) is 18.2 Å². The number of piperidine rings is 2. The second-order valence-electron chi connectivity index (χ2n) is 13.8. The molecule has 3 N–H and O–H groups in total. The number of carbonyl (C=O) groups is 8. The molecule has 2 unspecified atom stereocenters. The van der Waals surface area contributed by atoms with Crippen molar-refractivity contribution in [1.82, 2.24) is 20.4 Å². The number of phenolic OH excluding ortho intramolecular Hbond substituents is 1. The molecule has 8 amide bonds. The molecule has 19 nitrogen and oxygen atoms in total. The van der Waals surface area contributed by atoms with Crippen molar-refractivity contribution in [2.24, 2.45) is 0 Å². The quantitative estimate of drug-likeness (QED) is 0.0945. The van der Waals surface area contributed by atoms with Gasteiger partial charge in [0.2, 0.25) is 23.6 Å². The molecule has 20 heteroatoms. The summed E-state index contributed by atoms with van der Waals surface area (Å²) in [6.07, 6.45) is 10.4. The van der Waals surface area contributed by atoms with Gasteiger partial charge in [0.25, 0.3) is 33.7 Å². The smallest absolute Gasteiger partial charge is 0.297 e. The Bertz CT molecular complexity index is 2530. The van der Waals surface area contributed by atoms with Gasteiger partial charge in [0.05, 0.1) is 47.0 Å². The summed E-state index contributed by atoms with van der Waals surface area (Å²) in [6, 6.07) is 12.8. The van der Waals surface area contributed by atoms with Crippen molar-refractivity contribution in [2.45, 2.75) is 49.6 Å². The van der Waals surface area contributed by atoms with Crippen LogP contribution in [0.2, 0.25) is 0 Å². The first kappa shape index (κ1) is 46.8. The fraction of sp³-hybridized carbons (Fsp3) is 0.302. The molecule has 2 atom stereocenters. The van der Waals surface area contributed by atoms with Crippen LogP contribution in [-0.4, -0.2) is 122 Å². The van der Waals surface area contributed by atoms with E-state index in [-0.39, 0.29) is 98.2 Å². The number of aryl methyl sites for hydroxylation is 1. The molecule has 0 aromatic heterocycles. The molecule has 328 valence electrons. The lowest BCUT2D eigenvalue weighted by molar-refractivity contribution is -0.137. The number of hydrogen-bond donors (Lipinski definition) is 3. The first-order chi connectivity index (χ1) is 30.1. The van der Waals surface area contributed by atoms with Crippen molar-refractivity contribution in [1.29, 1.82) is 0 Å². The van der Waals surface area contributed by atoms with Crippen LogP contribution in [0.1, 0.15) is 72.7 Å². The summed E-state index contributed by atoms with van der Waals surface area (Å²) >= 11 is 0. The van der Waals surface area contributed by atoms with E-state index in [0.717, 1.165) is 15.4 Å². The van der Waals surface area contributed by atoms with Crippen LogP contribution in [-0.2, 0) is 43.0 Å². The van der Waals surface area contributed by atoms with Gasteiger partial charge in [-0.25, -0.2) is 0 Å². The number of hydrogen-bond acceptors (Lipinski definition) is 15. The molecule has 0 saturated carbocycles. The molecule has 0 aliphatic carbocycles. The maximum atomic E-state index is 12.6. The Hall–Kier alpha value is -7.23. The highest BCUT2D eigenvalue weighted by atomic mass is 32.2. The predicted molar refractivity (Wildman–Crippen MR) is 217 cm³/mol. The maximum absolute atomic E-state index is 12.6. The highest BCUT2D eigenvalue weighted by molar-refractivity contribution is 7.86. The van der Waals surface area contributed by atoms with Gasteiger partial charge < -0.3 is 19.3 Å². The molecule has 4 aliphatic rings. The van der Waals surface area contributed by atoms with Crippen molar-refractivity contribution in [3.8, 4) is 36.2 Å². The largest absolute Gasteiger partial charge is 0.508 e. The number of amides is 8. The monoisotopic (exact) mass is 884 g/mol. The molecular formula is C43H40N4O15S. The number of ether oxygens (including phenoxy) is 3. The molecular weight excluding hydrogens is 845 g/mol. The first-order valence-electron chi connectivity index (χ1n) is 19.1. The minimum atomic E-state index is -3.70. The fourth-order valence-electron chi connectivity index (χ4n) is 6.46. The lowest BCUT2D eigenvalue weighted by Crippen LogP contribution is -2.54. The number of rotatable bonds is 13. The van der Waals surface area contributed by atoms with Gasteiger partial charge in [-0.3, -0.25) is 63.0 Å². The van der Waals surface area contributed by atoms with Gasteiger partial charge in [-0.05, 0) is 68.3 Å². The van der Waals surface area contributed by atoms with E-state index in [1.165, 1.54) is 42.5 Å². The summed E-state index contributed by atoms with van der Waals surface area (Å²) in [5.74, 6) is 0.421. The molecule has 7 rings (SSSR count). The van der Waals surface area contributed by atoms with Crippen LogP contribution in [0.15, 0.2) is 65.6 Å². The van der Waals surface area contributed by atoms with Gasteiger partial charge in [0.15, 0.2) is 0 Å². The molecule has 4 aliphatic heterocycles. The Morgan fingerprint density at radius 2 is 1.13 bits per heavy atom. The molecule has 2 saturated heterocycles. The Labute approximate surface area is 361 Å². The SMILES string of the molecule is C#CCOCCOS(=O)(=O)c1ccc(C)cc1.C#CCOCCOc1ccc2c(c1)C(=O)N(C1CCC(=O)NC1=O)C2=O.O=C1CCC(N2C(=O)c3ccc(O)cc3C2=O)C(=O)N1. The van der Waals surface area contributed by atoms with E-state index in [1.807, 2.05) is 6.92 Å². The van der Waals surface area contributed by atoms with Gasteiger partial charge in [0, 0.05) is 12.8 Å². The number of benzene rings is 3. The van der Waals surface area contributed by atoms with Crippen LogP contribution in [0, 0.1) is 31.6 Å².